The molecule has 0 saturated carbocycles. The summed E-state index contributed by atoms with van der Waals surface area (Å²) in [5.41, 5.74) is 3.06. The van der Waals surface area contributed by atoms with Crippen LogP contribution in [0.4, 0.5) is 11.4 Å². The van der Waals surface area contributed by atoms with Crippen LogP contribution in [0.3, 0.4) is 0 Å². The molecule has 30 heavy (non-hydrogen) atoms. The number of para-hydroxylation sites is 2. The van der Waals surface area contributed by atoms with Crippen molar-refractivity contribution < 1.29 is 9.59 Å². The molecule has 0 bridgehead atoms. The van der Waals surface area contributed by atoms with E-state index >= 15 is 0 Å². The van der Waals surface area contributed by atoms with E-state index in [0.29, 0.717) is 17.0 Å². The van der Waals surface area contributed by atoms with Gasteiger partial charge in [-0.05, 0) is 49.2 Å². The average molecular weight is 419 g/mol. The molecule has 0 aromatic heterocycles. The molecule has 0 saturated heterocycles. The number of carbonyl (C=O) groups excluding carboxylic acids is 2. The lowest BCUT2D eigenvalue weighted by molar-refractivity contribution is -0.117. The van der Waals surface area contributed by atoms with Gasteiger partial charge in [-0.2, -0.15) is 0 Å². The molecule has 3 aromatic rings. The summed E-state index contributed by atoms with van der Waals surface area (Å²) in [6.45, 7) is 3.60. The van der Waals surface area contributed by atoms with Gasteiger partial charge in [0.05, 0.1) is 16.6 Å². The summed E-state index contributed by atoms with van der Waals surface area (Å²) in [6.07, 6.45) is 0.627. The van der Waals surface area contributed by atoms with E-state index < -0.39 is 0 Å². The van der Waals surface area contributed by atoms with Crippen LogP contribution in [0.5, 0.6) is 0 Å². The molecule has 1 aliphatic rings. The first-order valence-corrected chi connectivity index (χ1v) is 10.4. The Morgan fingerprint density at radius 1 is 0.933 bits per heavy atom. The molecule has 1 heterocycles. The number of fused-ring (bicyclic) bond motifs is 1. The highest BCUT2D eigenvalue weighted by atomic mass is 35.5. The Morgan fingerprint density at radius 2 is 1.57 bits per heavy atom. The molecule has 2 atom stereocenters. The van der Waals surface area contributed by atoms with Gasteiger partial charge >= 0.3 is 0 Å². The van der Waals surface area contributed by atoms with E-state index in [9.17, 15) is 9.59 Å². The molecule has 0 N–H and O–H groups in total. The summed E-state index contributed by atoms with van der Waals surface area (Å²) >= 11 is 6.38. The molecule has 5 heteroatoms. The van der Waals surface area contributed by atoms with Crippen molar-refractivity contribution in [3.63, 3.8) is 0 Å². The summed E-state index contributed by atoms with van der Waals surface area (Å²) in [5.74, 6) is -0.160. The molecule has 0 aliphatic carbocycles. The molecule has 0 spiro atoms. The summed E-state index contributed by atoms with van der Waals surface area (Å²) < 4.78 is 0. The lowest BCUT2D eigenvalue weighted by Gasteiger charge is -2.43. The quantitative estimate of drug-likeness (QED) is 0.533. The Bertz CT molecular complexity index is 1080. The number of rotatable bonds is 3. The van der Waals surface area contributed by atoms with Crippen LogP contribution in [0, 0.1) is 0 Å². The van der Waals surface area contributed by atoms with Crippen LogP contribution >= 0.6 is 11.6 Å². The third-order valence-corrected chi connectivity index (χ3v) is 5.90. The van der Waals surface area contributed by atoms with E-state index in [1.807, 2.05) is 83.5 Å². The molecule has 3 aromatic carbocycles. The SMILES string of the molecule is CC(=O)N1c2ccccc2[C@H](N(C(=O)c2ccccc2Cl)c2ccccc2)C[C@@H]1C. The zero-order valence-corrected chi connectivity index (χ0v) is 17.7. The average Bonchev–Trinajstić information content (AvgIpc) is 2.74. The molecule has 4 rings (SSSR count). The van der Waals surface area contributed by atoms with E-state index in [0.717, 1.165) is 16.9 Å². The summed E-state index contributed by atoms with van der Waals surface area (Å²) in [7, 11) is 0. The number of amides is 2. The minimum atomic E-state index is -0.224. The molecular weight excluding hydrogens is 396 g/mol. The second kappa shape index (κ2) is 8.33. The number of carbonyl (C=O) groups is 2. The standard InChI is InChI=1S/C25H23ClN2O2/c1-17-16-24(21-13-7-9-15-23(21)27(17)18(2)29)28(19-10-4-3-5-11-19)25(30)20-12-6-8-14-22(20)26/h3-15,17,24H,16H2,1-2H3/t17-,24+/m0/s1. The van der Waals surface area contributed by atoms with Crippen molar-refractivity contribution in [1.82, 2.24) is 0 Å². The molecule has 1 aliphatic heterocycles. The number of anilines is 2. The predicted octanol–water partition coefficient (Wildman–Crippen LogP) is 5.87. The van der Waals surface area contributed by atoms with E-state index in [4.69, 9.17) is 11.6 Å². The van der Waals surface area contributed by atoms with Crippen LogP contribution in [-0.4, -0.2) is 17.9 Å². The molecule has 0 unspecified atom stereocenters. The van der Waals surface area contributed by atoms with Crippen molar-refractivity contribution in [3.8, 4) is 0 Å². The van der Waals surface area contributed by atoms with E-state index in [-0.39, 0.29) is 23.9 Å². The number of halogens is 1. The van der Waals surface area contributed by atoms with Crippen molar-refractivity contribution in [3.05, 3.63) is 95.0 Å². The monoisotopic (exact) mass is 418 g/mol. The van der Waals surface area contributed by atoms with Gasteiger partial charge in [0.15, 0.2) is 0 Å². The summed E-state index contributed by atoms with van der Waals surface area (Å²) in [4.78, 5) is 29.7. The first-order valence-electron chi connectivity index (χ1n) is 10.0. The summed E-state index contributed by atoms with van der Waals surface area (Å²) in [6, 6.07) is 24.3. The van der Waals surface area contributed by atoms with Crippen LogP contribution in [0.2, 0.25) is 5.02 Å². The van der Waals surface area contributed by atoms with Crippen LogP contribution < -0.4 is 9.80 Å². The van der Waals surface area contributed by atoms with E-state index in [1.54, 1.807) is 19.1 Å². The van der Waals surface area contributed by atoms with E-state index in [2.05, 4.69) is 0 Å². The normalized spacial score (nSPS) is 17.9. The Balaban J connectivity index is 1.88. The first kappa shape index (κ1) is 20.2. The number of nitrogens with zero attached hydrogens (tertiary/aromatic N) is 2. The Labute approximate surface area is 181 Å². The minimum Gasteiger partial charge on any atom is -0.309 e. The number of hydrogen-bond donors (Lipinski definition) is 0. The molecule has 152 valence electrons. The molecule has 0 radical (unpaired) electrons. The van der Waals surface area contributed by atoms with Crippen molar-refractivity contribution in [2.24, 2.45) is 0 Å². The fourth-order valence-corrected chi connectivity index (χ4v) is 4.51. The molecular formula is C25H23ClN2O2. The largest absolute Gasteiger partial charge is 0.309 e. The maximum atomic E-state index is 13.8. The van der Waals surface area contributed by atoms with E-state index in [1.165, 1.54) is 0 Å². The fourth-order valence-electron chi connectivity index (χ4n) is 4.30. The lowest BCUT2D eigenvalue weighted by atomic mass is 9.89. The molecule has 0 fully saturated rings. The highest BCUT2D eigenvalue weighted by Gasteiger charge is 2.38. The Kier molecular flexibility index (Phi) is 5.60. The van der Waals surface area contributed by atoms with Gasteiger partial charge in [-0.15, -0.1) is 0 Å². The lowest BCUT2D eigenvalue weighted by Crippen LogP contribution is -2.47. The van der Waals surface area contributed by atoms with Gasteiger partial charge in [0.2, 0.25) is 5.91 Å². The van der Waals surface area contributed by atoms with Gasteiger partial charge in [-0.3, -0.25) is 9.59 Å². The highest BCUT2D eigenvalue weighted by Crippen LogP contribution is 2.43. The van der Waals surface area contributed by atoms with Crippen molar-refractivity contribution in [2.45, 2.75) is 32.4 Å². The van der Waals surface area contributed by atoms with Gasteiger partial charge < -0.3 is 9.80 Å². The zero-order valence-electron chi connectivity index (χ0n) is 17.0. The second-order valence-electron chi connectivity index (χ2n) is 7.54. The first-order chi connectivity index (χ1) is 14.5. The van der Waals surface area contributed by atoms with Crippen LogP contribution in [0.1, 0.15) is 42.2 Å². The van der Waals surface area contributed by atoms with Crippen molar-refractivity contribution >= 4 is 34.8 Å². The number of benzene rings is 3. The minimum absolute atomic E-state index is 0.00269. The van der Waals surface area contributed by atoms with Crippen molar-refractivity contribution in [1.29, 1.82) is 0 Å². The maximum Gasteiger partial charge on any atom is 0.260 e. The maximum absolute atomic E-state index is 13.8. The smallest absolute Gasteiger partial charge is 0.260 e. The Hall–Kier alpha value is -3.11. The Morgan fingerprint density at radius 3 is 2.27 bits per heavy atom. The highest BCUT2D eigenvalue weighted by molar-refractivity contribution is 6.34. The molecule has 2 amide bonds. The van der Waals surface area contributed by atoms with Gasteiger partial charge in [0, 0.05) is 24.3 Å². The second-order valence-corrected chi connectivity index (χ2v) is 7.95. The predicted molar refractivity (Wildman–Crippen MR) is 121 cm³/mol. The third kappa shape index (κ3) is 3.59. The van der Waals surface area contributed by atoms with Gasteiger partial charge in [0.25, 0.3) is 5.91 Å². The van der Waals surface area contributed by atoms with Crippen LogP contribution in [0.25, 0.3) is 0 Å². The van der Waals surface area contributed by atoms with Gasteiger partial charge in [-0.1, -0.05) is 60.1 Å². The van der Waals surface area contributed by atoms with Gasteiger partial charge in [-0.25, -0.2) is 0 Å². The van der Waals surface area contributed by atoms with Crippen LogP contribution in [0.15, 0.2) is 78.9 Å². The zero-order chi connectivity index (χ0) is 21.3. The van der Waals surface area contributed by atoms with Crippen molar-refractivity contribution in [2.75, 3.05) is 9.80 Å². The fraction of sp³-hybridized carbons (Fsp3) is 0.200. The van der Waals surface area contributed by atoms with Gasteiger partial charge in [0.1, 0.15) is 0 Å². The van der Waals surface area contributed by atoms with Crippen LogP contribution in [-0.2, 0) is 4.79 Å². The third-order valence-electron chi connectivity index (χ3n) is 5.57. The number of hydrogen-bond acceptors (Lipinski definition) is 2. The molecule has 4 nitrogen and oxygen atoms in total. The summed E-state index contributed by atoms with van der Waals surface area (Å²) in [5, 5.41) is 0.422. The topological polar surface area (TPSA) is 40.6 Å².